The van der Waals surface area contributed by atoms with Crippen molar-refractivity contribution in [3.8, 4) is 50.5 Å². The highest BCUT2D eigenvalue weighted by Gasteiger charge is 2.15. The third-order valence-corrected chi connectivity index (χ3v) is 9.66. The first-order chi connectivity index (χ1) is 24.8. The molecule has 50 heavy (non-hydrogen) atoms. The van der Waals surface area contributed by atoms with Crippen LogP contribution in [-0.4, -0.2) is 14.5 Å². The molecule has 4 nitrogen and oxygen atoms in total. The first kappa shape index (κ1) is 28.3. The second-order valence-corrected chi connectivity index (χ2v) is 12.7. The first-order valence-electron chi connectivity index (χ1n) is 16.8. The Hall–Kier alpha value is -6.78. The first-order valence-corrected chi connectivity index (χ1v) is 16.8. The van der Waals surface area contributed by atoms with Gasteiger partial charge in [-0.05, 0) is 71.8 Å². The summed E-state index contributed by atoms with van der Waals surface area (Å²) in [5.41, 5.74) is 13.4. The molecule has 10 aromatic rings. The van der Waals surface area contributed by atoms with Crippen LogP contribution in [-0.2, 0) is 0 Å². The number of nitrogens with zero attached hydrogens (tertiary/aromatic N) is 3. The minimum absolute atomic E-state index is 0.862. The Labute approximate surface area is 288 Å². The molecule has 0 N–H and O–H groups in total. The summed E-state index contributed by atoms with van der Waals surface area (Å²) in [6.07, 6.45) is 3.88. The molecular weight excluding hydrogens is 611 g/mol. The predicted octanol–water partition coefficient (Wildman–Crippen LogP) is 12.1. The number of pyridine rings is 2. The molecule has 0 saturated carbocycles. The molecule has 0 saturated heterocycles. The van der Waals surface area contributed by atoms with Gasteiger partial charge < -0.3 is 8.98 Å². The van der Waals surface area contributed by atoms with Gasteiger partial charge in [0.15, 0.2) is 0 Å². The van der Waals surface area contributed by atoms with Gasteiger partial charge in [0, 0.05) is 61.9 Å². The Morgan fingerprint density at radius 2 is 0.920 bits per heavy atom. The zero-order valence-corrected chi connectivity index (χ0v) is 27.0. The van der Waals surface area contributed by atoms with Crippen molar-refractivity contribution >= 4 is 43.7 Å². The maximum atomic E-state index is 6.36. The highest BCUT2D eigenvalue weighted by Crippen LogP contribution is 2.38. The Morgan fingerprint density at radius 1 is 0.380 bits per heavy atom. The van der Waals surface area contributed by atoms with Crippen molar-refractivity contribution in [3.05, 3.63) is 176 Å². The fourth-order valence-electron chi connectivity index (χ4n) is 7.25. The van der Waals surface area contributed by atoms with Gasteiger partial charge in [-0.2, -0.15) is 0 Å². The summed E-state index contributed by atoms with van der Waals surface area (Å²) in [6.45, 7) is 0. The fraction of sp³-hybridized carbons (Fsp3) is 0. The minimum atomic E-state index is 0.862. The Balaban J connectivity index is 1.09. The van der Waals surface area contributed by atoms with Crippen LogP contribution in [0.1, 0.15) is 0 Å². The second-order valence-electron chi connectivity index (χ2n) is 12.7. The van der Waals surface area contributed by atoms with Crippen molar-refractivity contribution < 1.29 is 4.42 Å². The SMILES string of the molecule is c1ccc(-c2cc(-c3cncc(-c4ccc5oc6ccc(-n7c8ccccc8c8ccccc87)cc6c5c4)c3)cc(-c3ccccc3)n2)cc1. The van der Waals surface area contributed by atoms with Gasteiger partial charge in [0.25, 0.3) is 0 Å². The molecule has 0 aliphatic rings. The molecule has 4 heterocycles. The molecular formula is C46H29N3O. The number of hydrogen-bond donors (Lipinski definition) is 0. The van der Waals surface area contributed by atoms with E-state index in [1.807, 2.05) is 24.5 Å². The third kappa shape index (κ3) is 4.69. The van der Waals surface area contributed by atoms with Gasteiger partial charge in [-0.15, -0.1) is 0 Å². The average Bonchev–Trinajstić information content (AvgIpc) is 3.73. The monoisotopic (exact) mass is 639 g/mol. The van der Waals surface area contributed by atoms with Crippen molar-refractivity contribution in [1.29, 1.82) is 0 Å². The highest BCUT2D eigenvalue weighted by atomic mass is 16.3. The Kier molecular flexibility index (Phi) is 6.46. The summed E-state index contributed by atoms with van der Waals surface area (Å²) >= 11 is 0. The van der Waals surface area contributed by atoms with Crippen LogP contribution in [0.15, 0.2) is 181 Å². The minimum Gasteiger partial charge on any atom is -0.456 e. The number of hydrogen-bond acceptors (Lipinski definition) is 3. The fourth-order valence-corrected chi connectivity index (χ4v) is 7.25. The maximum Gasteiger partial charge on any atom is 0.135 e. The van der Waals surface area contributed by atoms with Gasteiger partial charge in [0.05, 0.1) is 22.4 Å². The molecule has 0 spiro atoms. The summed E-state index contributed by atoms with van der Waals surface area (Å²) < 4.78 is 8.71. The molecule has 0 aliphatic heterocycles. The van der Waals surface area contributed by atoms with Crippen molar-refractivity contribution in [2.75, 3.05) is 0 Å². The number of benzene rings is 6. The summed E-state index contributed by atoms with van der Waals surface area (Å²) in [4.78, 5) is 9.79. The van der Waals surface area contributed by atoms with Crippen LogP contribution < -0.4 is 0 Å². The summed E-state index contributed by atoms with van der Waals surface area (Å²) in [5, 5.41) is 4.65. The number of rotatable bonds is 5. The van der Waals surface area contributed by atoms with E-state index in [-0.39, 0.29) is 0 Å². The summed E-state index contributed by atoms with van der Waals surface area (Å²) in [5.74, 6) is 0. The molecule has 0 radical (unpaired) electrons. The van der Waals surface area contributed by atoms with Crippen molar-refractivity contribution in [3.63, 3.8) is 0 Å². The zero-order valence-electron chi connectivity index (χ0n) is 27.0. The third-order valence-electron chi connectivity index (χ3n) is 9.66. The van der Waals surface area contributed by atoms with Crippen molar-refractivity contribution in [1.82, 2.24) is 14.5 Å². The van der Waals surface area contributed by atoms with Gasteiger partial charge in [0.1, 0.15) is 11.2 Å². The number of aromatic nitrogens is 3. The van der Waals surface area contributed by atoms with Crippen LogP contribution in [0.4, 0.5) is 0 Å². The number of fused-ring (bicyclic) bond motifs is 6. The maximum absolute atomic E-state index is 6.36. The lowest BCUT2D eigenvalue weighted by Gasteiger charge is -2.11. The molecule has 0 fully saturated rings. The van der Waals surface area contributed by atoms with Gasteiger partial charge in [-0.1, -0.05) is 103 Å². The second kappa shape index (κ2) is 11.4. The molecule has 10 rings (SSSR count). The Bertz CT molecular complexity index is 2760. The molecule has 0 aliphatic carbocycles. The van der Waals surface area contributed by atoms with E-state index in [2.05, 4.69) is 156 Å². The number of para-hydroxylation sites is 2. The van der Waals surface area contributed by atoms with E-state index >= 15 is 0 Å². The predicted molar refractivity (Wildman–Crippen MR) is 205 cm³/mol. The lowest BCUT2D eigenvalue weighted by molar-refractivity contribution is 0.669. The number of furan rings is 1. The van der Waals surface area contributed by atoms with Gasteiger partial charge in [-0.3, -0.25) is 4.98 Å². The van der Waals surface area contributed by atoms with E-state index in [1.54, 1.807) is 0 Å². The van der Waals surface area contributed by atoms with E-state index in [9.17, 15) is 0 Å². The quantitative estimate of drug-likeness (QED) is 0.188. The van der Waals surface area contributed by atoms with Crippen molar-refractivity contribution in [2.24, 2.45) is 0 Å². The average molecular weight is 640 g/mol. The molecule has 4 heteroatoms. The topological polar surface area (TPSA) is 43.9 Å². The van der Waals surface area contributed by atoms with Crippen LogP contribution in [0.2, 0.25) is 0 Å². The van der Waals surface area contributed by atoms with Crippen LogP contribution >= 0.6 is 0 Å². The van der Waals surface area contributed by atoms with Crippen LogP contribution in [0.5, 0.6) is 0 Å². The molecule has 0 amide bonds. The standard InChI is InChI=1S/C46H29N3O/c1-3-11-30(12-4-1)41-25-33(26-42(48-41)31-13-5-2-6-14-31)35-23-34(28-47-29-35)32-19-21-45-39(24-32)40-27-36(20-22-46(40)50-45)49-43-17-9-7-15-37(43)38-16-8-10-18-44(38)49/h1-29H. The molecule has 6 aromatic carbocycles. The highest BCUT2D eigenvalue weighted by molar-refractivity contribution is 6.11. The zero-order chi connectivity index (χ0) is 33.0. The largest absolute Gasteiger partial charge is 0.456 e. The molecule has 0 unspecified atom stereocenters. The van der Waals surface area contributed by atoms with Gasteiger partial charge in [-0.25, -0.2) is 4.98 Å². The van der Waals surface area contributed by atoms with E-state index in [4.69, 9.17) is 14.4 Å². The van der Waals surface area contributed by atoms with Crippen molar-refractivity contribution in [2.45, 2.75) is 0 Å². The summed E-state index contributed by atoms with van der Waals surface area (Å²) in [6, 6.07) is 57.4. The van der Waals surface area contributed by atoms with E-state index in [0.29, 0.717) is 0 Å². The molecule has 234 valence electrons. The van der Waals surface area contributed by atoms with Crippen LogP contribution in [0, 0.1) is 0 Å². The summed E-state index contributed by atoms with van der Waals surface area (Å²) in [7, 11) is 0. The Morgan fingerprint density at radius 3 is 1.56 bits per heavy atom. The van der Waals surface area contributed by atoms with E-state index < -0.39 is 0 Å². The van der Waals surface area contributed by atoms with Crippen LogP contribution in [0.3, 0.4) is 0 Å². The van der Waals surface area contributed by atoms with Crippen LogP contribution in [0.25, 0.3) is 94.2 Å². The van der Waals surface area contributed by atoms with Gasteiger partial charge in [0.2, 0.25) is 0 Å². The van der Waals surface area contributed by atoms with E-state index in [1.165, 1.54) is 21.8 Å². The molecule has 0 atom stereocenters. The lowest BCUT2D eigenvalue weighted by Crippen LogP contribution is -1.93. The smallest absolute Gasteiger partial charge is 0.135 e. The van der Waals surface area contributed by atoms with Gasteiger partial charge >= 0.3 is 0 Å². The lowest BCUT2D eigenvalue weighted by atomic mass is 9.98. The molecule has 4 aromatic heterocycles. The molecule has 0 bridgehead atoms. The van der Waals surface area contributed by atoms with E-state index in [0.717, 1.165) is 72.4 Å². The normalized spacial score (nSPS) is 11.6.